The highest BCUT2D eigenvalue weighted by Crippen LogP contribution is 2.24. The van der Waals surface area contributed by atoms with Crippen molar-refractivity contribution in [3.63, 3.8) is 0 Å². The van der Waals surface area contributed by atoms with Crippen molar-refractivity contribution in [3.05, 3.63) is 87.4 Å². The number of hydrogen-bond acceptors (Lipinski definition) is 3. The van der Waals surface area contributed by atoms with E-state index in [-0.39, 0.29) is 23.7 Å². The molecule has 2 amide bonds. The third-order valence-electron chi connectivity index (χ3n) is 5.22. The van der Waals surface area contributed by atoms with Crippen LogP contribution in [-0.2, 0) is 26.6 Å². The van der Waals surface area contributed by atoms with Crippen LogP contribution in [0.1, 0.15) is 37.7 Å². The molecule has 4 rings (SSSR count). The van der Waals surface area contributed by atoms with E-state index >= 15 is 0 Å². The molecule has 1 N–H and O–H groups in total. The van der Waals surface area contributed by atoms with E-state index in [0.717, 1.165) is 11.3 Å². The highest BCUT2D eigenvalue weighted by Gasteiger charge is 2.30. The van der Waals surface area contributed by atoms with Crippen LogP contribution in [0.15, 0.2) is 48.5 Å². The zero-order valence-electron chi connectivity index (χ0n) is 16.4. The van der Waals surface area contributed by atoms with Crippen LogP contribution >= 0.6 is 11.6 Å². The molecule has 0 atom stereocenters. The average molecular weight is 427 g/mol. The number of carbonyl (C=O) groups is 2. The summed E-state index contributed by atoms with van der Waals surface area (Å²) in [6.07, 6.45) is 0.545. The van der Waals surface area contributed by atoms with Gasteiger partial charge in [-0.2, -0.15) is 5.10 Å². The number of nitrogens with one attached hydrogen (secondary N) is 1. The van der Waals surface area contributed by atoms with Gasteiger partial charge in [-0.05, 0) is 29.8 Å². The Morgan fingerprint density at radius 2 is 1.90 bits per heavy atom. The predicted octanol–water partition coefficient (Wildman–Crippen LogP) is 3.34. The van der Waals surface area contributed by atoms with E-state index in [9.17, 15) is 14.0 Å². The maximum absolute atomic E-state index is 14.1. The van der Waals surface area contributed by atoms with Crippen LogP contribution in [0, 0.1) is 5.82 Å². The number of fused-ring (bicyclic) bond motifs is 1. The van der Waals surface area contributed by atoms with Crippen LogP contribution in [-0.4, -0.2) is 33.0 Å². The van der Waals surface area contributed by atoms with E-state index in [1.165, 1.54) is 12.1 Å². The molecule has 6 nitrogen and oxygen atoms in total. The van der Waals surface area contributed by atoms with Crippen molar-refractivity contribution in [2.75, 3.05) is 6.54 Å². The fraction of sp³-hybridized carbons (Fsp3) is 0.227. The Morgan fingerprint density at radius 1 is 1.17 bits per heavy atom. The maximum Gasteiger partial charge on any atom is 0.272 e. The minimum Gasteiger partial charge on any atom is -0.347 e. The van der Waals surface area contributed by atoms with Crippen molar-refractivity contribution in [2.45, 2.75) is 19.5 Å². The van der Waals surface area contributed by atoms with Crippen molar-refractivity contribution in [1.82, 2.24) is 20.0 Å². The third-order valence-corrected chi connectivity index (χ3v) is 5.47. The predicted molar refractivity (Wildman–Crippen MR) is 111 cm³/mol. The van der Waals surface area contributed by atoms with Crippen molar-refractivity contribution in [2.24, 2.45) is 7.05 Å². The number of benzene rings is 2. The fourth-order valence-corrected chi connectivity index (χ4v) is 3.75. The number of rotatable bonds is 4. The Morgan fingerprint density at radius 3 is 2.63 bits per heavy atom. The van der Waals surface area contributed by atoms with Gasteiger partial charge in [0.25, 0.3) is 11.8 Å². The van der Waals surface area contributed by atoms with Gasteiger partial charge in [-0.15, -0.1) is 0 Å². The molecule has 0 spiro atoms. The van der Waals surface area contributed by atoms with Gasteiger partial charge in [0.15, 0.2) is 5.69 Å². The zero-order valence-corrected chi connectivity index (χ0v) is 17.1. The molecule has 0 saturated heterocycles. The first kappa shape index (κ1) is 20.1. The lowest BCUT2D eigenvalue weighted by Crippen LogP contribution is -2.37. The second-order valence-corrected chi connectivity index (χ2v) is 7.60. The Hall–Kier alpha value is -3.19. The minimum absolute atomic E-state index is 0.0265. The number of carbonyl (C=O) groups excluding carboxylic acids is 2. The molecule has 0 bridgehead atoms. The average Bonchev–Trinajstić information content (AvgIpc) is 3.09. The van der Waals surface area contributed by atoms with Gasteiger partial charge in [0.05, 0.1) is 12.1 Å². The first-order valence-corrected chi connectivity index (χ1v) is 9.93. The normalized spacial score (nSPS) is 13.1. The molecule has 2 aromatic carbocycles. The summed E-state index contributed by atoms with van der Waals surface area (Å²) >= 11 is 5.89. The lowest BCUT2D eigenvalue weighted by Gasteiger charge is -2.27. The van der Waals surface area contributed by atoms with E-state index in [2.05, 4.69) is 10.4 Å². The Bertz CT molecular complexity index is 1110. The number of hydrogen-bond donors (Lipinski definition) is 1. The van der Waals surface area contributed by atoms with E-state index in [1.54, 1.807) is 40.9 Å². The van der Waals surface area contributed by atoms with Crippen molar-refractivity contribution in [3.8, 4) is 0 Å². The summed E-state index contributed by atoms with van der Waals surface area (Å²) < 4.78 is 15.7. The standard InChI is InChI=1S/C22H20ClFN4O2/c1-27-19-10-11-28(22(30)16-4-2-3-5-18(16)24)13-17(19)20(26-27)21(29)25-12-14-6-8-15(23)9-7-14/h2-9H,10-13H2,1H3,(H,25,29). The number of amides is 2. The Kier molecular flexibility index (Phi) is 5.55. The van der Waals surface area contributed by atoms with Crippen LogP contribution in [0.4, 0.5) is 4.39 Å². The summed E-state index contributed by atoms with van der Waals surface area (Å²) in [5, 5.41) is 7.86. The monoisotopic (exact) mass is 426 g/mol. The first-order valence-electron chi connectivity index (χ1n) is 9.55. The molecule has 1 aliphatic rings. The molecule has 0 radical (unpaired) electrons. The molecule has 0 aliphatic carbocycles. The Labute approximate surface area is 178 Å². The van der Waals surface area contributed by atoms with Crippen LogP contribution in [0.3, 0.4) is 0 Å². The highest BCUT2D eigenvalue weighted by molar-refractivity contribution is 6.30. The molecule has 3 aromatic rings. The molecule has 2 heterocycles. The molecular formula is C22H20ClFN4O2. The largest absolute Gasteiger partial charge is 0.347 e. The lowest BCUT2D eigenvalue weighted by atomic mass is 10.0. The van der Waals surface area contributed by atoms with E-state index in [0.29, 0.717) is 30.1 Å². The van der Waals surface area contributed by atoms with Crippen molar-refractivity contribution in [1.29, 1.82) is 0 Å². The number of aromatic nitrogens is 2. The SMILES string of the molecule is Cn1nc(C(=O)NCc2ccc(Cl)cc2)c2c1CCN(C(=O)c1ccccc1F)C2. The van der Waals surface area contributed by atoms with E-state index in [4.69, 9.17) is 11.6 Å². The second kappa shape index (κ2) is 8.28. The topological polar surface area (TPSA) is 67.2 Å². The quantitative estimate of drug-likeness (QED) is 0.695. The summed E-state index contributed by atoms with van der Waals surface area (Å²) in [4.78, 5) is 27.2. The van der Waals surface area contributed by atoms with Gasteiger partial charge in [-0.25, -0.2) is 4.39 Å². The molecule has 8 heteroatoms. The smallest absolute Gasteiger partial charge is 0.272 e. The number of aryl methyl sites for hydroxylation is 1. The van der Waals surface area contributed by atoms with E-state index < -0.39 is 11.7 Å². The molecular weight excluding hydrogens is 407 g/mol. The Balaban J connectivity index is 1.52. The summed E-state index contributed by atoms with van der Waals surface area (Å²) in [5.74, 6) is -1.27. The third kappa shape index (κ3) is 3.93. The van der Waals surface area contributed by atoms with Crippen LogP contribution in [0.5, 0.6) is 0 Å². The minimum atomic E-state index is -0.555. The van der Waals surface area contributed by atoms with E-state index in [1.807, 2.05) is 12.1 Å². The summed E-state index contributed by atoms with van der Waals surface area (Å²) in [7, 11) is 1.78. The second-order valence-electron chi connectivity index (χ2n) is 7.16. The molecule has 1 aromatic heterocycles. The van der Waals surface area contributed by atoms with Crippen LogP contribution < -0.4 is 5.32 Å². The molecule has 154 valence electrons. The van der Waals surface area contributed by atoms with Gasteiger partial charge in [0.2, 0.25) is 0 Å². The summed E-state index contributed by atoms with van der Waals surface area (Å²) in [6, 6.07) is 13.1. The van der Waals surface area contributed by atoms with Crippen molar-refractivity contribution < 1.29 is 14.0 Å². The molecule has 0 fully saturated rings. The van der Waals surface area contributed by atoms with Gasteiger partial charge in [0, 0.05) is 42.8 Å². The highest BCUT2D eigenvalue weighted by atomic mass is 35.5. The molecule has 30 heavy (non-hydrogen) atoms. The maximum atomic E-state index is 14.1. The van der Waals surface area contributed by atoms with Crippen LogP contribution in [0.2, 0.25) is 5.02 Å². The van der Waals surface area contributed by atoms with Crippen molar-refractivity contribution >= 4 is 23.4 Å². The van der Waals surface area contributed by atoms with Gasteiger partial charge >= 0.3 is 0 Å². The van der Waals surface area contributed by atoms with Gasteiger partial charge in [-0.1, -0.05) is 35.9 Å². The zero-order chi connectivity index (χ0) is 21.3. The lowest BCUT2D eigenvalue weighted by molar-refractivity contribution is 0.0725. The molecule has 0 unspecified atom stereocenters. The number of halogens is 2. The summed E-state index contributed by atoms with van der Waals surface area (Å²) in [5.41, 5.74) is 2.83. The van der Waals surface area contributed by atoms with Gasteiger partial charge < -0.3 is 10.2 Å². The van der Waals surface area contributed by atoms with Gasteiger partial charge in [-0.3, -0.25) is 14.3 Å². The molecule has 1 aliphatic heterocycles. The first-order chi connectivity index (χ1) is 14.4. The van der Waals surface area contributed by atoms with Crippen LogP contribution in [0.25, 0.3) is 0 Å². The summed E-state index contributed by atoms with van der Waals surface area (Å²) in [6.45, 7) is 0.977. The van der Waals surface area contributed by atoms with Gasteiger partial charge in [0.1, 0.15) is 5.82 Å². The molecule has 0 saturated carbocycles. The number of nitrogens with zero attached hydrogens (tertiary/aromatic N) is 3. The fourth-order valence-electron chi connectivity index (χ4n) is 3.62.